The van der Waals surface area contributed by atoms with Gasteiger partial charge in [-0.15, -0.1) is 0 Å². The first-order valence-corrected chi connectivity index (χ1v) is 7.22. The second-order valence-corrected chi connectivity index (χ2v) is 5.21. The summed E-state index contributed by atoms with van der Waals surface area (Å²) >= 11 is 1.70. The Morgan fingerprint density at radius 3 is 2.74 bits per heavy atom. The largest absolute Gasteiger partial charge is 0.493 e. The lowest BCUT2D eigenvalue weighted by Gasteiger charge is -2.13. The summed E-state index contributed by atoms with van der Waals surface area (Å²) < 4.78 is 11.1. The Morgan fingerprint density at radius 1 is 1.26 bits per heavy atom. The van der Waals surface area contributed by atoms with Crippen LogP contribution in [-0.2, 0) is 6.42 Å². The summed E-state index contributed by atoms with van der Waals surface area (Å²) in [5, 5.41) is 4.22. The standard InChI is InChI=1S/C15H19NO2S/c1-11(16)13-3-4-14(15(9-13)17-2)18-7-5-12-6-8-19-10-12/h3-4,6,8-11H,5,7,16H2,1-2H3/t11-/m1/s1. The molecule has 2 N–H and O–H groups in total. The number of thiophene rings is 1. The van der Waals surface area contributed by atoms with E-state index in [-0.39, 0.29) is 6.04 Å². The van der Waals surface area contributed by atoms with Crippen LogP contribution in [-0.4, -0.2) is 13.7 Å². The smallest absolute Gasteiger partial charge is 0.161 e. The third-order valence-electron chi connectivity index (χ3n) is 2.94. The van der Waals surface area contributed by atoms with E-state index >= 15 is 0 Å². The van der Waals surface area contributed by atoms with E-state index in [0.717, 1.165) is 23.5 Å². The highest BCUT2D eigenvalue weighted by Gasteiger charge is 2.08. The maximum atomic E-state index is 5.86. The fraction of sp³-hybridized carbons (Fsp3) is 0.333. The molecule has 2 rings (SSSR count). The Labute approximate surface area is 118 Å². The lowest BCUT2D eigenvalue weighted by atomic mass is 10.1. The molecular formula is C15H19NO2S. The zero-order valence-electron chi connectivity index (χ0n) is 11.3. The quantitative estimate of drug-likeness (QED) is 0.880. The molecule has 0 aliphatic rings. The van der Waals surface area contributed by atoms with Crippen molar-refractivity contribution in [3.05, 3.63) is 46.2 Å². The minimum Gasteiger partial charge on any atom is -0.493 e. The molecule has 0 saturated carbocycles. The molecular weight excluding hydrogens is 258 g/mol. The molecule has 1 atom stereocenters. The highest BCUT2D eigenvalue weighted by Crippen LogP contribution is 2.29. The summed E-state index contributed by atoms with van der Waals surface area (Å²) in [6.45, 7) is 2.59. The van der Waals surface area contributed by atoms with Crippen LogP contribution in [0.4, 0.5) is 0 Å². The highest BCUT2D eigenvalue weighted by atomic mass is 32.1. The fourth-order valence-electron chi connectivity index (χ4n) is 1.80. The van der Waals surface area contributed by atoms with Crippen molar-refractivity contribution in [3.63, 3.8) is 0 Å². The van der Waals surface area contributed by atoms with Gasteiger partial charge in [-0.05, 0) is 47.0 Å². The van der Waals surface area contributed by atoms with Gasteiger partial charge in [0.2, 0.25) is 0 Å². The Morgan fingerprint density at radius 2 is 2.11 bits per heavy atom. The fourth-order valence-corrected chi connectivity index (χ4v) is 2.50. The molecule has 0 radical (unpaired) electrons. The molecule has 0 unspecified atom stereocenters. The van der Waals surface area contributed by atoms with Crippen LogP contribution < -0.4 is 15.2 Å². The molecule has 3 nitrogen and oxygen atoms in total. The van der Waals surface area contributed by atoms with E-state index < -0.39 is 0 Å². The van der Waals surface area contributed by atoms with Crippen LogP contribution in [0.1, 0.15) is 24.1 Å². The number of hydrogen-bond donors (Lipinski definition) is 1. The molecule has 0 saturated heterocycles. The number of methoxy groups -OCH3 is 1. The lowest BCUT2D eigenvalue weighted by Crippen LogP contribution is -2.06. The Hall–Kier alpha value is -1.52. The van der Waals surface area contributed by atoms with E-state index in [2.05, 4.69) is 16.8 Å². The Bertz CT molecular complexity index is 509. The van der Waals surface area contributed by atoms with Gasteiger partial charge in [-0.1, -0.05) is 6.07 Å². The second-order valence-electron chi connectivity index (χ2n) is 4.43. The summed E-state index contributed by atoms with van der Waals surface area (Å²) in [7, 11) is 1.64. The van der Waals surface area contributed by atoms with Gasteiger partial charge in [-0.2, -0.15) is 11.3 Å². The number of benzene rings is 1. The third kappa shape index (κ3) is 3.72. The molecule has 19 heavy (non-hydrogen) atoms. The van der Waals surface area contributed by atoms with Gasteiger partial charge in [0.05, 0.1) is 13.7 Å². The van der Waals surface area contributed by atoms with Gasteiger partial charge in [-0.3, -0.25) is 0 Å². The van der Waals surface area contributed by atoms with Crippen LogP contribution in [0.3, 0.4) is 0 Å². The number of rotatable bonds is 6. The molecule has 102 valence electrons. The zero-order chi connectivity index (χ0) is 13.7. The minimum atomic E-state index is -0.00578. The molecule has 0 amide bonds. The molecule has 0 bridgehead atoms. The van der Waals surface area contributed by atoms with Crippen molar-refractivity contribution in [2.24, 2.45) is 5.73 Å². The molecule has 2 aromatic rings. The molecule has 0 aliphatic heterocycles. The predicted molar refractivity (Wildman–Crippen MR) is 79.1 cm³/mol. The van der Waals surface area contributed by atoms with Crippen LogP contribution in [0.15, 0.2) is 35.0 Å². The Kier molecular flexibility index (Phi) is 4.82. The van der Waals surface area contributed by atoms with Crippen LogP contribution in [0, 0.1) is 0 Å². The molecule has 1 aromatic heterocycles. The second kappa shape index (κ2) is 6.59. The van der Waals surface area contributed by atoms with Crippen LogP contribution in [0.2, 0.25) is 0 Å². The van der Waals surface area contributed by atoms with Crippen LogP contribution in [0.5, 0.6) is 11.5 Å². The first-order chi connectivity index (χ1) is 9.20. The average molecular weight is 277 g/mol. The van der Waals surface area contributed by atoms with Crippen molar-refractivity contribution >= 4 is 11.3 Å². The van der Waals surface area contributed by atoms with Gasteiger partial charge in [0.25, 0.3) is 0 Å². The van der Waals surface area contributed by atoms with E-state index in [4.69, 9.17) is 15.2 Å². The first kappa shape index (κ1) is 13.9. The lowest BCUT2D eigenvalue weighted by molar-refractivity contribution is 0.297. The van der Waals surface area contributed by atoms with Crippen molar-refractivity contribution in [2.75, 3.05) is 13.7 Å². The van der Waals surface area contributed by atoms with Gasteiger partial charge < -0.3 is 15.2 Å². The van der Waals surface area contributed by atoms with Crippen LogP contribution >= 0.6 is 11.3 Å². The van der Waals surface area contributed by atoms with Crippen LogP contribution in [0.25, 0.3) is 0 Å². The highest BCUT2D eigenvalue weighted by molar-refractivity contribution is 7.07. The van der Waals surface area contributed by atoms with Gasteiger partial charge >= 0.3 is 0 Å². The summed E-state index contributed by atoms with van der Waals surface area (Å²) in [6.07, 6.45) is 0.904. The summed E-state index contributed by atoms with van der Waals surface area (Å²) in [6, 6.07) is 7.95. The normalized spacial score (nSPS) is 12.2. The van der Waals surface area contributed by atoms with E-state index in [0.29, 0.717) is 6.61 Å². The van der Waals surface area contributed by atoms with Crippen molar-refractivity contribution < 1.29 is 9.47 Å². The summed E-state index contributed by atoms with van der Waals surface area (Å²) in [5.41, 5.74) is 8.20. The minimum absolute atomic E-state index is 0.00578. The molecule has 0 aliphatic carbocycles. The topological polar surface area (TPSA) is 44.5 Å². The predicted octanol–water partition coefficient (Wildman–Crippen LogP) is 3.40. The molecule has 1 heterocycles. The first-order valence-electron chi connectivity index (χ1n) is 6.28. The third-order valence-corrected chi connectivity index (χ3v) is 3.67. The van der Waals surface area contributed by atoms with Crippen molar-refractivity contribution in [3.8, 4) is 11.5 Å². The summed E-state index contributed by atoms with van der Waals surface area (Å²) in [5.74, 6) is 1.50. The average Bonchev–Trinajstić information content (AvgIpc) is 2.92. The number of ether oxygens (including phenoxy) is 2. The molecule has 0 fully saturated rings. The summed E-state index contributed by atoms with van der Waals surface area (Å²) in [4.78, 5) is 0. The van der Waals surface area contributed by atoms with Gasteiger partial charge in [-0.25, -0.2) is 0 Å². The molecule has 1 aromatic carbocycles. The van der Waals surface area contributed by atoms with Gasteiger partial charge in [0.15, 0.2) is 11.5 Å². The van der Waals surface area contributed by atoms with E-state index in [1.54, 1.807) is 18.4 Å². The van der Waals surface area contributed by atoms with E-state index in [9.17, 15) is 0 Å². The zero-order valence-corrected chi connectivity index (χ0v) is 12.1. The molecule has 4 heteroatoms. The van der Waals surface area contributed by atoms with Crippen molar-refractivity contribution in [2.45, 2.75) is 19.4 Å². The molecule has 0 spiro atoms. The van der Waals surface area contributed by atoms with Gasteiger partial charge in [0, 0.05) is 12.5 Å². The number of nitrogens with two attached hydrogens (primary N) is 1. The monoisotopic (exact) mass is 277 g/mol. The van der Waals surface area contributed by atoms with Crippen molar-refractivity contribution in [1.29, 1.82) is 0 Å². The number of hydrogen-bond acceptors (Lipinski definition) is 4. The Balaban J connectivity index is 1.99. The van der Waals surface area contributed by atoms with E-state index in [1.165, 1.54) is 5.56 Å². The van der Waals surface area contributed by atoms with Gasteiger partial charge in [0.1, 0.15) is 0 Å². The SMILES string of the molecule is COc1cc([C@@H](C)N)ccc1OCCc1ccsc1. The van der Waals surface area contributed by atoms with Crippen molar-refractivity contribution in [1.82, 2.24) is 0 Å². The maximum Gasteiger partial charge on any atom is 0.161 e. The maximum absolute atomic E-state index is 5.86. The van der Waals surface area contributed by atoms with E-state index in [1.807, 2.05) is 25.1 Å².